The molecule has 1 rings (SSSR count). The van der Waals surface area contributed by atoms with E-state index >= 15 is 0 Å². The maximum atomic E-state index is 14.3. The smallest absolute Gasteiger partial charge is 0.408 e. The molecule has 1 aromatic rings. The Morgan fingerprint density at radius 1 is 0.976 bits per heavy atom. The van der Waals surface area contributed by atoms with Crippen LogP contribution in [0.1, 0.15) is 98.2 Å². The number of carbonyl (C=O) groups excluding carboxylic acids is 5. The summed E-state index contributed by atoms with van der Waals surface area (Å²) in [6.45, 7) is 14.9. The lowest BCUT2D eigenvalue weighted by molar-refractivity contribution is -0.146. The van der Waals surface area contributed by atoms with Gasteiger partial charge in [-0.25, -0.2) is 4.79 Å². The molecule has 42 heavy (non-hydrogen) atoms. The van der Waals surface area contributed by atoms with Crippen LogP contribution in [0.3, 0.4) is 0 Å². The van der Waals surface area contributed by atoms with Crippen LogP contribution in [0.2, 0.25) is 0 Å². The number of hydrogen-bond acceptors (Lipinski definition) is 7. The Kier molecular flexibility index (Phi) is 15.0. The van der Waals surface area contributed by atoms with E-state index < -0.39 is 59.9 Å². The van der Waals surface area contributed by atoms with E-state index in [2.05, 4.69) is 24.5 Å². The van der Waals surface area contributed by atoms with Gasteiger partial charge >= 0.3 is 12.1 Å². The van der Waals surface area contributed by atoms with E-state index in [1.165, 1.54) is 4.90 Å². The van der Waals surface area contributed by atoms with Gasteiger partial charge in [0.15, 0.2) is 0 Å². The molecule has 0 heterocycles. The van der Waals surface area contributed by atoms with E-state index in [0.29, 0.717) is 17.9 Å². The third-order valence-electron chi connectivity index (χ3n) is 6.45. The summed E-state index contributed by atoms with van der Waals surface area (Å²) in [4.78, 5) is 66.1. The highest BCUT2D eigenvalue weighted by molar-refractivity contribution is 5.94. The van der Waals surface area contributed by atoms with Gasteiger partial charge in [-0.1, -0.05) is 45.0 Å². The van der Waals surface area contributed by atoms with Crippen molar-refractivity contribution in [3.8, 4) is 0 Å². The molecule has 4 N–H and O–H groups in total. The van der Waals surface area contributed by atoms with E-state index in [0.717, 1.165) is 18.4 Å². The first-order chi connectivity index (χ1) is 19.6. The predicted molar refractivity (Wildman–Crippen MR) is 160 cm³/mol. The number of rotatable bonds is 16. The van der Waals surface area contributed by atoms with Crippen molar-refractivity contribution in [3.63, 3.8) is 0 Å². The first-order valence-electron chi connectivity index (χ1n) is 14.7. The quantitative estimate of drug-likeness (QED) is 0.247. The zero-order valence-corrected chi connectivity index (χ0v) is 26.5. The summed E-state index contributed by atoms with van der Waals surface area (Å²) in [5.74, 6) is -2.10. The van der Waals surface area contributed by atoms with Gasteiger partial charge in [-0.2, -0.15) is 0 Å². The van der Waals surface area contributed by atoms with Crippen molar-refractivity contribution in [2.75, 3.05) is 13.2 Å². The fourth-order valence-electron chi connectivity index (χ4n) is 4.34. The topological polar surface area (TPSA) is 157 Å². The molecule has 11 nitrogen and oxygen atoms in total. The SMILES string of the molecule is CCOC(=O)CCNC(=O)C(c1ccc(CC)cc1)N(C(=O)C(CC(N)=O)NC(=O)OC(C)(C)C)C(C)CCC(C)C. The van der Waals surface area contributed by atoms with Gasteiger partial charge in [-0.15, -0.1) is 0 Å². The van der Waals surface area contributed by atoms with Gasteiger partial charge in [0.1, 0.15) is 17.7 Å². The Morgan fingerprint density at radius 3 is 2.10 bits per heavy atom. The van der Waals surface area contributed by atoms with Crippen LogP contribution in [0.4, 0.5) is 4.79 Å². The van der Waals surface area contributed by atoms with Crippen molar-refractivity contribution in [1.82, 2.24) is 15.5 Å². The van der Waals surface area contributed by atoms with Crippen molar-refractivity contribution in [3.05, 3.63) is 35.4 Å². The van der Waals surface area contributed by atoms with Gasteiger partial charge in [0.05, 0.1) is 19.4 Å². The van der Waals surface area contributed by atoms with Crippen LogP contribution in [0, 0.1) is 5.92 Å². The molecule has 0 fully saturated rings. The molecule has 0 aliphatic rings. The van der Waals surface area contributed by atoms with Crippen LogP contribution in [0.5, 0.6) is 0 Å². The molecule has 0 aliphatic carbocycles. The molecule has 236 valence electrons. The van der Waals surface area contributed by atoms with Gasteiger partial charge in [0.2, 0.25) is 17.7 Å². The minimum absolute atomic E-state index is 0.00445. The zero-order chi connectivity index (χ0) is 32.0. The Balaban J connectivity index is 3.60. The van der Waals surface area contributed by atoms with Crippen molar-refractivity contribution in [1.29, 1.82) is 0 Å². The molecule has 0 bridgehead atoms. The summed E-state index contributed by atoms with van der Waals surface area (Å²) in [6.07, 6.45) is 0.680. The number of primary amides is 1. The van der Waals surface area contributed by atoms with Crippen LogP contribution in [-0.2, 0) is 35.1 Å². The van der Waals surface area contributed by atoms with Gasteiger partial charge in [-0.3, -0.25) is 19.2 Å². The molecule has 0 aromatic heterocycles. The number of nitrogens with two attached hydrogens (primary N) is 1. The normalized spacial score (nSPS) is 13.5. The second kappa shape index (κ2) is 17.4. The first-order valence-corrected chi connectivity index (χ1v) is 14.7. The number of esters is 1. The predicted octanol–water partition coefficient (Wildman–Crippen LogP) is 3.78. The molecule has 4 amide bonds. The fourth-order valence-corrected chi connectivity index (χ4v) is 4.34. The number of amides is 4. The molecule has 3 unspecified atom stereocenters. The zero-order valence-electron chi connectivity index (χ0n) is 26.5. The molecule has 0 aliphatic heterocycles. The molecule has 0 radical (unpaired) electrons. The summed E-state index contributed by atoms with van der Waals surface area (Å²) in [5, 5.41) is 5.26. The Bertz CT molecular complexity index is 1050. The lowest BCUT2D eigenvalue weighted by Gasteiger charge is -2.38. The van der Waals surface area contributed by atoms with Gasteiger partial charge in [0, 0.05) is 12.6 Å². The van der Waals surface area contributed by atoms with E-state index in [-0.39, 0.29) is 19.6 Å². The number of ether oxygens (including phenoxy) is 2. The Labute approximate surface area is 250 Å². The van der Waals surface area contributed by atoms with Crippen LogP contribution >= 0.6 is 0 Å². The highest BCUT2D eigenvalue weighted by Gasteiger charge is 2.39. The van der Waals surface area contributed by atoms with Crippen molar-refractivity contribution in [2.24, 2.45) is 11.7 Å². The highest BCUT2D eigenvalue weighted by Crippen LogP contribution is 2.28. The average molecular weight is 591 g/mol. The second-order valence-corrected chi connectivity index (χ2v) is 11.8. The third kappa shape index (κ3) is 12.9. The number of aryl methyl sites for hydroxylation is 1. The number of alkyl carbamates (subject to hydrolysis) is 1. The Morgan fingerprint density at radius 2 is 1.60 bits per heavy atom. The molecule has 1 aromatic carbocycles. The third-order valence-corrected chi connectivity index (χ3v) is 6.45. The monoisotopic (exact) mass is 590 g/mol. The molecule has 3 atom stereocenters. The van der Waals surface area contributed by atoms with Crippen molar-refractivity contribution in [2.45, 2.75) is 111 Å². The lowest BCUT2D eigenvalue weighted by Crippen LogP contribution is -2.56. The lowest BCUT2D eigenvalue weighted by atomic mass is 9.96. The van der Waals surface area contributed by atoms with Crippen molar-refractivity contribution >= 4 is 29.8 Å². The molecule has 0 saturated carbocycles. The molecule has 0 saturated heterocycles. The molecule has 0 spiro atoms. The minimum Gasteiger partial charge on any atom is -0.466 e. The van der Waals surface area contributed by atoms with E-state index in [4.69, 9.17) is 15.2 Å². The summed E-state index contributed by atoms with van der Waals surface area (Å²) >= 11 is 0. The maximum Gasteiger partial charge on any atom is 0.408 e. The van der Waals surface area contributed by atoms with Crippen molar-refractivity contribution < 1.29 is 33.4 Å². The van der Waals surface area contributed by atoms with Crippen LogP contribution in [0.15, 0.2) is 24.3 Å². The Hall–Kier alpha value is -3.63. The number of nitrogens with one attached hydrogen (secondary N) is 2. The highest BCUT2D eigenvalue weighted by atomic mass is 16.6. The second-order valence-electron chi connectivity index (χ2n) is 11.8. The number of nitrogens with zero attached hydrogens (tertiary/aromatic N) is 1. The number of hydrogen-bond donors (Lipinski definition) is 3. The summed E-state index contributed by atoms with van der Waals surface area (Å²) in [5.41, 5.74) is 6.22. The molecular weight excluding hydrogens is 540 g/mol. The summed E-state index contributed by atoms with van der Waals surface area (Å²) in [7, 11) is 0. The van der Waals surface area contributed by atoms with Gasteiger partial charge in [0.25, 0.3) is 0 Å². The largest absolute Gasteiger partial charge is 0.466 e. The molecule has 11 heteroatoms. The summed E-state index contributed by atoms with van der Waals surface area (Å²) in [6, 6.07) is 4.38. The van der Waals surface area contributed by atoms with Crippen LogP contribution < -0.4 is 16.4 Å². The maximum absolute atomic E-state index is 14.3. The van der Waals surface area contributed by atoms with Gasteiger partial charge in [-0.05, 0) is 70.9 Å². The van der Waals surface area contributed by atoms with Crippen LogP contribution in [-0.4, -0.2) is 65.5 Å². The van der Waals surface area contributed by atoms with E-state index in [9.17, 15) is 24.0 Å². The minimum atomic E-state index is -1.37. The van der Waals surface area contributed by atoms with E-state index in [1.54, 1.807) is 39.8 Å². The first kappa shape index (κ1) is 36.4. The number of carbonyl (C=O) groups is 5. The standard InChI is InChI=1S/C31H50N4O7/c1-9-22-13-15-23(16-14-22)27(28(38)33-18-17-26(37)41-10-2)35(21(5)12-11-20(3)4)29(39)24(19-25(32)36)34-30(40)42-31(6,7)8/h13-16,20-21,24,27H,9-12,17-19H2,1-8H3,(H2,32,36)(H,33,38)(H,34,40). The number of benzene rings is 1. The van der Waals surface area contributed by atoms with E-state index in [1.807, 2.05) is 26.0 Å². The van der Waals surface area contributed by atoms with Gasteiger partial charge < -0.3 is 30.7 Å². The fraction of sp³-hybridized carbons (Fsp3) is 0.645. The summed E-state index contributed by atoms with van der Waals surface area (Å²) < 4.78 is 10.3. The molecular formula is C31H50N4O7. The van der Waals surface area contributed by atoms with Crippen LogP contribution in [0.25, 0.3) is 0 Å². The average Bonchev–Trinajstić information content (AvgIpc) is 2.88.